The predicted octanol–water partition coefficient (Wildman–Crippen LogP) is 4.92. The van der Waals surface area contributed by atoms with E-state index in [0.29, 0.717) is 0 Å². The first-order valence-electron chi connectivity index (χ1n) is 12.1. The summed E-state index contributed by atoms with van der Waals surface area (Å²) in [5.41, 5.74) is 1.67. The zero-order valence-corrected chi connectivity index (χ0v) is 23.0. The zero-order chi connectivity index (χ0) is 25.1. The fourth-order valence-electron chi connectivity index (χ4n) is 4.48. The highest BCUT2D eigenvalue weighted by Gasteiger charge is 2.51. The third kappa shape index (κ3) is 4.97. The molecule has 0 saturated carbocycles. The molecule has 184 valence electrons. The Morgan fingerprint density at radius 3 is 2.29 bits per heavy atom. The van der Waals surface area contributed by atoms with Crippen molar-refractivity contribution in [3.8, 4) is 11.3 Å². The van der Waals surface area contributed by atoms with Crippen LogP contribution in [0.3, 0.4) is 0 Å². The van der Waals surface area contributed by atoms with Gasteiger partial charge in [-0.05, 0) is 65.5 Å². The molecule has 0 spiro atoms. The van der Waals surface area contributed by atoms with E-state index in [1.54, 1.807) is 0 Å². The summed E-state index contributed by atoms with van der Waals surface area (Å²) in [5, 5.41) is 0. The first-order chi connectivity index (χ1) is 15.6. The van der Waals surface area contributed by atoms with E-state index in [1.807, 2.05) is 44.0 Å². The van der Waals surface area contributed by atoms with Gasteiger partial charge >= 0.3 is 13.2 Å². The lowest BCUT2D eigenvalue weighted by Crippen LogP contribution is -2.41. The van der Waals surface area contributed by atoms with E-state index in [-0.39, 0.29) is 30.5 Å². The highest BCUT2D eigenvalue weighted by atomic mass is 28.3. The summed E-state index contributed by atoms with van der Waals surface area (Å²) in [6.45, 7) is 18.5. The summed E-state index contributed by atoms with van der Waals surface area (Å²) in [6, 6.07) is 9.05. The lowest BCUT2D eigenvalue weighted by molar-refractivity contribution is 0.00578. The third-order valence-corrected chi connectivity index (χ3v) is 9.70. The van der Waals surface area contributed by atoms with E-state index < -0.39 is 13.7 Å². The van der Waals surface area contributed by atoms with Crippen LogP contribution >= 0.6 is 0 Å². The number of carbonyl (C=O) groups excluding carboxylic acids is 1. The minimum absolute atomic E-state index is 0.0886. The van der Waals surface area contributed by atoms with Crippen LogP contribution < -0.4 is 5.46 Å². The standard InChI is InChI=1S/C25H38BN3O4Si/c1-23(2,3)31-22(30)29-16-34(8,9)15-20(29)21-27-14-19(28-21)17-10-12-18(13-11-17)26-32-24(4,5)25(6,7)33-26/h10-14,20H,15-16H2,1-9H3,(H,27,28)/t20-/m0/s1. The molecule has 7 nitrogen and oxygen atoms in total. The molecule has 4 rings (SSSR count). The van der Waals surface area contributed by atoms with Gasteiger partial charge in [-0.15, -0.1) is 0 Å². The average molecular weight is 483 g/mol. The minimum Gasteiger partial charge on any atom is -0.444 e. The van der Waals surface area contributed by atoms with Gasteiger partial charge in [-0.3, -0.25) is 0 Å². The predicted molar refractivity (Wildman–Crippen MR) is 138 cm³/mol. The molecule has 0 bridgehead atoms. The Kier molecular flexibility index (Phi) is 6.06. The molecule has 3 heterocycles. The van der Waals surface area contributed by atoms with Gasteiger partial charge in [0, 0.05) is 6.17 Å². The molecule has 2 aliphatic heterocycles. The number of rotatable bonds is 3. The molecule has 34 heavy (non-hydrogen) atoms. The van der Waals surface area contributed by atoms with Crippen molar-refractivity contribution in [2.45, 2.75) is 90.4 Å². The number of carbonyl (C=O) groups is 1. The molecule has 0 radical (unpaired) electrons. The van der Waals surface area contributed by atoms with Crippen LogP contribution in [0.25, 0.3) is 11.3 Å². The highest BCUT2D eigenvalue weighted by molar-refractivity contribution is 6.78. The number of nitrogens with zero attached hydrogens (tertiary/aromatic N) is 2. The normalized spacial score (nSPS) is 23.4. The summed E-state index contributed by atoms with van der Waals surface area (Å²) in [4.78, 5) is 22.9. The number of benzene rings is 1. The number of hydrogen-bond donors (Lipinski definition) is 1. The average Bonchev–Trinajstić information content (AvgIpc) is 3.35. The van der Waals surface area contributed by atoms with E-state index in [0.717, 1.165) is 34.8 Å². The number of hydrogen-bond acceptors (Lipinski definition) is 5. The molecule has 2 fully saturated rings. The van der Waals surface area contributed by atoms with Crippen molar-refractivity contribution in [1.29, 1.82) is 0 Å². The molecule has 1 aromatic heterocycles. The van der Waals surface area contributed by atoms with Crippen LogP contribution in [0.1, 0.15) is 60.3 Å². The van der Waals surface area contributed by atoms with Gasteiger partial charge in [0.15, 0.2) is 0 Å². The maximum Gasteiger partial charge on any atom is 0.494 e. The number of amides is 1. The molecule has 1 aromatic carbocycles. The SMILES string of the molecule is CC(C)(C)OC(=O)N1C[Si](C)(C)C[C@H]1c1ncc(-c2ccc(B3OC(C)(C)C(C)(C)O3)cc2)[nH]1. The molecule has 0 unspecified atom stereocenters. The van der Waals surface area contributed by atoms with Crippen molar-refractivity contribution < 1.29 is 18.8 Å². The summed E-state index contributed by atoms with van der Waals surface area (Å²) < 4.78 is 18.0. The van der Waals surface area contributed by atoms with Crippen molar-refractivity contribution in [3.05, 3.63) is 36.3 Å². The Bertz CT molecular complexity index is 1040. The molecule has 1 amide bonds. The summed E-state index contributed by atoms with van der Waals surface area (Å²) in [6.07, 6.45) is 2.35. The molecule has 9 heteroatoms. The monoisotopic (exact) mass is 483 g/mol. The van der Waals surface area contributed by atoms with Crippen molar-refractivity contribution in [2.24, 2.45) is 0 Å². The fourth-order valence-corrected chi connectivity index (χ4v) is 7.34. The van der Waals surface area contributed by atoms with Gasteiger partial charge in [-0.25, -0.2) is 9.78 Å². The second-order valence-electron chi connectivity index (χ2n) is 12.4. The largest absolute Gasteiger partial charge is 0.494 e. The van der Waals surface area contributed by atoms with E-state index >= 15 is 0 Å². The van der Waals surface area contributed by atoms with Crippen LogP contribution in [0.5, 0.6) is 0 Å². The first kappa shape index (κ1) is 25.0. The van der Waals surface area contributed by atoms with Crippen molar-refractivity contribution >= 4 is 26.7 Å². The first-order valence-corrected chi connectivity index (χ1v) is 15.5. The van der Waals surface area contributed by atoms with Gasteiger partial charge in [-0.1, -0.05) is 37.4 Å². The van der Waals surface area contributed by atoms with E-state index in [4.69, 9.17) is 14.0 Å². The molecule has 0 aliphatic carbocycles. The molecule has 2 aliphatic rings. The summed E-state index contributed by atoms with van der Waals surface area (Å²) in [5.74, 6) is 0.814. The van der Waals surface area contributed by atoms with Crippen molar-refractivity contribution in [1.82, 2.24) is 14.9 Å². The minimum atomic E-state index is -1.57. The van der Waals surface area contributed by atoms with Gasteiger partial charge in [0.2, 0.25) is 0 Å². The number of aromatic amines is 1. The van der Waals surface area contributed by atoms with Crippen molar-refractivity contribution in [2.75, 3.05) is 6.17 Å². The van der Waals surface area contributed by atoms with E-state index in [9.17, 15) is 4.79 Å². The van der Waals surface area contributed by atoms with Gasteiger partial charge in [-0.2, -0.15) is 0 Å². The zero-order valence-electron chi connectivity index (χ0n) is 22.0. The molecular formula is C25H38BN3O4Si. The second kappa shape index (κ2) is 8.24. The lowest BCUT2D eigenvalue weighted by Gasteiger charge is -2.32. The van der Waals surface area contributed by atoms with Gasteiger partial charge in [0.1, 0.15) is 11.4 Å². The van der Waals surface area contributed by atoms with Crippen LogP contribution in [0.15, 0.2) is 30.5 Å². The lowest BCUT2D eigenvalue weighted by atomic mass is 9.79. The smallest absolute Gasteiger partial charge is 0.444 e. The van der Waals surface area contributed by atoms with E-state index in [1.165, 1.54) is 0 Å². The Morgan fingerprint density at radius 1 is 1.15 bits per heavy atom. The highest BCUT2D eigenvalue weighted by Crippen LogP contribution is 2.39. The Labute approximate surface area is 204 Å². The molecule has 1 atom stereocenters. The van der Waals surface area contributed by atoms with E-state index in [2.05, 4.69) is 62.9 Å². The Morgan fingerprint density at radius 2 is 1.74 bits per heavy atom. The molecular weight excluding hydrogens is 445 g/mol. The second-order valence-corrected chi connectivity index (χ2v) is 17.4. The van der Waals surface area contributed by atoms with Crippen molar-refractivity contribution in [3.63, 3.8) is 0 Å². The van der Waals surface area contributed by atoms with Crippen LogP contribution in [-0.2, 0) is 14.0 Å². The maximum atomic E-state index is 12.9. The maximum absolute atomic E-state index is 12.9. The topological polar surface area (TPSA) is 76.7 Å². The molecule has 2 aromatic rings. The van der Waals surface area contributed by atoms with Crippen LogP contribution in [0.2, 0.25) is 19.1 Å². The van der Waals surface area contributed by atoms with Crippen LogP contribution in [-0.4, -0.2) is 59.1 Å². The van der Waals surface area contributed by atoms with Gasteiger partial charge < -0.3 is 23.9 Å². The summed E-state index contributed by atoms with van der Waals surface area (Å²) >= 11 is 0. The van der Waals surface area contributed by atoms with Crippen LogP contribution in [0.4, 0.5) is 4.79 Å². The Balaban J connectivity index is 1.52. The number of imidazole rings is 1. The van der Waals surface area contributed by atoms with Crippen LogP contribution in [0, 0.1) is 0 Å². The molecule has 2 saturated heterocycles. The Hall–Kier alpha value is -2.10. The number of aromatic nitrogens is 2. The number of nitrogens with one attached hydrogen (secondary N) is 1. The third-order valence-electron chi connectivity index (χ3n) is 7.01. The fraction of sp³-hybridized carbons (Fsp3) is 0.600. The molecule has 1 N–H and O–H groups in total. The van der Waals surface area contributed by atoms with Gasteiger partial charge in [0.05, 0.1) is 37.2 Å². The number of ether oxygens (including phenoxy) is 1. The van der Waals surface area contributed by atoms with Gasteiger partial charge in [0.25, 0.3) is 0 Å². The quantitative estimate of drug-likeness (QED) is 0.628. The summed E-state index contributed by atoms with van der Waals surface area (Å²) in [7, 11) is -1.95. The number of H-pyrrole nitrogens is 1.